The van der Waals surface area contributed by atoms with Crippen LogP contribution in [0.15, 0.2) is 16.3 Å². The Kier molecular flexibility index (Phi) is 4.85. The molecule has 0 amide bonds. The molecule has 3 N–H and O–H groups in total. The molecular formula is C10H15NO5S2. The van der Waals surface area contributed by atoms with Gasteiger partial charge in [-0.3, -0.25) is 0 Å². The molecule has 1 rings (SSSR count). The van der Waals surface area contributed by atoms with E-state index in [-0.39, 0.29) is 22.3 Å². The zero-order chi connectivity index (χ0) is 13.9. The standard InChI is InChI=1S/C10H15NO5S2/c1-6(2)8(4-12)11-18(15,16)7-3-9(10(13)14)17-5-7/h3,5-6,8,11-12H,4H2,1-2H3,(H,13,14). The Morgan fingerprint density at radius 3 is 2.50 bits per heavy atom. The summed E-state index contributed by atoms with van der Waals surface area (Å²) in [5.41, 5.74) is 0. The van der Waals surface area contributed by atoms with Gasteiger partial charge in [-0.2, -0.15) is 0 Å². The van der Waals surface area contributed by atoms with Crippen LogP contribution in [0.2, 0.25) is 0 Å². The van der Waals surface area contributed by atoms with E-state index in [4.69, 9.17) is 10.2 Å². The minimum absolute atomic E-state index is 0.0412. The Bertz CT molecular complexity index is 520. The van der Waals surface area contributed by atoms with Gasteiger partial charge in [0.25, 0.3) is 0 Å². The third kappa shape index (κ3) is 3.52. The van der Waals surface area contributed by atoms with Crippen molar-refractivity contribution in [1.29, 1.82) is 0 Å². The monoisotopic (exact) mass is 293 g/mol. The Balaban J connectivity index is 2.95. The van der Waals surface area contributed by atoms with Crippen molar-refractivity contribution in [1.82, 2.24) is 4.72 Å². The number of aliphatic hydroxyl groups is 1. The van der Waals surface area contributed by atoms with Crippen LogP contribution in [0.4, 0.5) is 0 Å². The van der Waals surface area contributed by atoms with E-state index in [1.54, 1.807) is 13.8 Å². The van der Waals surface area contributed by atoms with Gasteiger partial charge in [0.2, 0.25) is 10.0 Å². The number of aromatic carboxylic acids is 1. The summed E-state index contributed by atoms with van der Waals surface area (Å²) in [4.78, 5) is 10.5. The van der Waals surface area contributed by atoms with Gasteiger partial charge < -0.3 is 10.2 Å². The van der Waals surface area contributed by atoms with Crippen LogP contribution in [0.1, 0.15) is 23.5 Å². The van der Waals surface area contributed by atoms with Gasteiger partial charge in [-0.05, 0) is 12.0 Å². The number of aliphatic hydroxyl groups excluding tert-OH is 1. The van der Waals surface area contributed by atoms with E-state index in [1.165, 1.54) is 5.38 Å². The highest BCUT2D eigenvalue weighted by molar-refractivity contribution is 7.89. The largest absolute Gasteiger partial charge is 0.477 e. The first-order chi connectivity index (χ1) is 8.27. The number of hydrogen-bond donors (Lipinski definition) is 3. The number of carboxylic acid groups (broad SMARTS) is 1. The molecule has 0 aliphatic carbocycles. The SMILES string of the molecule is CC(C)C(CO)NS(=O)(=O)c1csc(C(=O)O)c1. The van der Waals surface area contributed by atoms with Gasteiger partial charge in [0.05, 0.1) is 11.5 Å². The van der Waals surface area contributed by atoms with Gasteiger partial charge in [-0.15, -0.1) is 11.3 Å². The number of hydrogen-bond acceptors (Lipinski definition) is 5. The van der Waals surface area contributed by atoms with E-state index in [1.807, 2.05) is 0 Å². The fourth-order valence-corrected chi connectivity index (χ4v) is 3.71. The lowest BCUT2D eigenvalue weighted by molar-refractivity contribution is 0.0702. The van der Waals surface area contributed by atoms with E-state index < -0.39 is 22.0 Å². The molecule has 0 saturated carbocycles. The molecule has 0 aromatic carbocycles. The van der Waals surface area contributed by atoms with Crippen molar-refractivity contribution >= 4 is 27.3 Å². The maximum atomic E-state index is 11.9. The first kappa shape index (κ1) is 15.1. The number of sulfonamides is 1. The third-order valence-corrected chi connectivity index (χ3v) is 4.94. The summed E-state index contributed by atoms with van der Waals surface area (Å²) < 4.78 is 26.2. The lowest BCUT2D eigenvalue weighted by Crippen LogP contribution is -2.40. The molecular weight excluding hydrogens is 278 g/mol. The summed E-state index contributed by atoms with van der Waals surface area (Å²) in [5.74, 6) is -1.23. The van der Waals surface area contributed by atoms with Crippen molar-refractivity contribution in [3.63, 3.8) is 0 Å². The smallest absolute Gasteiger partial charge is 0.345 e. The van der Waals surface area contributed by atoms with Crippen LogP contribution in [0.5, 0.6) is 0 Å². The van der Waals surface area contributed by atoms with Crippen LogP contribution >= 0.6 is 11.3 Å². The van der Waals surface area contributed by atoms with Gasteiger partial charge in [0.1, 0.15) is 4.88 Å². The first-order valence-corrected chi connectivity index (χ1v) is 7.59. The highest BCUT2D eigenvalue weighted by atomic mass is 32.2. The summed E-state index contributed by atoms with van der Waals surface area (Å²) in [6, 6.07) is 0.507. The fourth-order valence-electron chi connectivity index (χ4n) is 1.22. The molecule has 18 heavy (non-hydrogen) atoms. The first-order valence-electron chi connectivity index (χ1n) is 5.23. The van der Waals surface area contributed by atoms with Gasteiger partial charge in [0.15, 0.2) is 0 Å². The molecule has 1 aromatic rings. The second-order valence-electron chi connectivity index (χ2n) is 4.11. The molecule has 0 saturated heterocycles. The molecule has 0 bridgehead atoms. The van der Waals surface area contributed by atoms with Crippen LogP contribution in [-0.4, -0.2) is 37.2 Å². The van der Waals surface area contributed by atoms with E-state index in [2.05, 4.69) is 4.72 Å². The Labute approximate surface area is 109 Å². The third-order valence-electron chi connectivity index (χ3n) is 2.40. The highest BCUT2D eigenvalue weighted by Gasteiger charge is 2.23. The Morgan fingerprint density at radius 2 is 2.11 bits per heavy atom. The number of carbonyl (C=O) groups is 1. The average molecular weight is 293 g/mol. The molecule has 0 aliphatic heterocycles. The lowest BCUT2D eigenvalue weighted by atomic mass is 10.1. The molecule has 0 fully saturated rings. The second kappa shape index (κ2) is 5.79. The summed E-state index contributed by atoms with van der Waals surface area (Å²) in [6.07, 6.45) is 0. The van der Waals surface area contributed by atoms with Gasteiger partial charge in [-0.1, -0.05) is 13.8 Å². The summed E-state index contributed by atoms with van der Waals surface area (Å²) >= 11 is 0.846. The fraction of sp³-hybridized carbons (Fsp3) is 0.500. The Hall–Kier alpha value is -0.960. The predicted octanol–water partition coefficient (Wildman–Crippen LogP) is 0.742. The summed E-state index contributed by atoms with van der Waals surface area (Å²) in [7, 11) is -3.79. The van der Waals surface area contributed by atoms with Crippen LogP contribution in [-0.2, 0) is 10.0 Å². The van der Waals surface area contributed by atoms with Crippen molar-refractivity contribution in [3.05, 3.63) is 16.3 Å². The summed E-state index contributed by atoms with van der Waals surface area (Å²) in [6.45, 7) is 3.24. The highest BCUT2D eigenvalue weighted by Crippen LogP contribution is 2.20. The van der Waals surface area contributed by atoms with Crippen molar-refractivity contribution in [2.45, 2.75) is 24.8 Å². The number of carboxylic acids is 1. The number of thiophene rings is 1. The Morgan fingerprint density at radius 1 is 1.50 bits per heavy atom. The molecule has 1 heterocycles. The zero-order valence-electron chi connectivity index (χ0n) is 9.95. The van der Waals surface area contributed by atoms with E-state index in [0.29, 0.717) is 0 Å². The van der Waals surface area contributed by atoms with Crippen molar-refractivity contribution in [2.75, 3.05) is 6.61 Å². The average Bonchev–Trinajstić information content (AvgIpc) is 2.75. The van der Waals surface area contributed by atoms with Crippen LogP contribution in [0, 0.1) is 5.92 Å². The van der Waals surface area contributed by atoms with Crippen molar-refractivity contribution < 1.29 is 23.4 Å². The maximum Gasteiger partial charge on any atom is 0.345 e. The predicted molar refractivity (Wildman–Crippen MR) is 67.3 cm³/mol. The van der Waals surface area contributed by atoms with Crippen LogP contribution in [0.25, 0.3) is 0 Å². The minimum atomic E-state index is -3.79. The van der Waals surface area contributed by atoms with Gasteiger partial charge in [0, 0.05) is 11.4 Å². The quantitative estimate of drug-likeness (QED) is 0.717. The van der Waals surface area contributed by atoms with Gasteiger partial charge in [-0.25, -0.2) is 17.9 Å². The molecule has 6 nitrogen and oxygen atoms in total. The van der Waals surface area contributed by atoms with Crippen LogP contribution in [0.3, 0.4) is 0 Å². The molecule has 1 unspecified atom stereocenters. The van der Waals surface area contributed by atoms with Gasteiger partial charge >= 0.3 is 5.97 Å². The summed E-state index contributed by atoms with van der Waals surface area (Å²) in [5, 5.41) is 19.1. The molecule has 0 aliphatic rings. The molecule has 0 spiro atoms. The van der Waals surface area contributed by atoms with Crippen molar-refractivity contribution in [3.8, 4) is 0 Å². The van der Waals surface area contributed by atoms with E-state index in [0.717, 1.165) is 17.4 Å². The number of rotatable bonds is 6. The second-order valence-corrected chi connectivity index (χ2v) is 6.73. The zero-order valence-corrected chi connectivity index (χ0v) is 11.6. The molecule has 8 heteroatoms. The normalized spacial score (nSPS) is 13.8. The van der Waals surface area contributed by atoms with Crippen LogP contribution < -0.4 is 4.72 Å². The van der Waals surface area contributed by atoms with E-state index in [9.17, 15) is 13.2 Å². The maximum absolute atomic E-state index is 11.9. The lowest BCUT2D eigenvalue weighted by Gasteiger charge is -2.19. The molecule has 1 atom stereocenters. The molecule has 102 valence electrons. The minimum Gasteiger partial charge on any atom is -0.477 e. The topological polar surface area (TPSA) is 104 Å². The molecule has 1 aromatic heterocycles. The van der Waals surface area contributed by atoms with E-state index >= 15 is 0 Å². The van der Waals surface area contributed by atoms with Crippen molar-refractivity contribution in [2.24, 2.45) is 5.92 Å². The molecule has 0 radical (unpaired) electrons. The number of nitrogens with one attached hydrogen (secondary N) is 1.